The van der Waals surface area contributed by atoms with Crippen molar-refractivity contribution in [3.63, 3.8) is 0 Å². The molecule has 0 spiro atoms. The lowest BCUT2D eigenvalue weighted by atomic mass is 10.0. The zero-order valence-electron chi connectivity index (χ0n) is 15.4. The number of imide groups is 1. The number of carbonyl (C=O) groups is 2. The van der Waals surface area contributed by atoms with Gasteiger partial charge in [-0.15, -0.1) is 0 Å². The van der Waals surface area contributed by atoms with E-state index < -0.39 is 0 Å². The molecule has 0 aliphatic carbocycles. The highest BCUT2D eigenvalue weighted by Crippen LogP contribution is 2.30. The molecule has 5 heteroatoms. The Morgan fingerprint density at radius 2 is 1.48 bits per heavy atom. The number of nitrogens with one attached hydrogen (secondary N) is 1. The highest BCUT2D eigenvalue weighted by atomic mass is 16.2. The van der Waals surface area contributed by atoms with Crippen molar-refractivity contribution in [2.45, 2.75) is 19.3 Å². The molecule has 4 rings (SSSR count). The summed E-state index contributed by atoms with van der Waals surface area (Å²) in [6.45, 7) is 2.18. The van der Waals surface area contributed by atoms with Crippen molar-refractivity contribution in [1.82, 2.24) is 4.90 Å². The van der Waals surface area contributed by atoms with Crippen LogP contribution in [0.4, 0.5) is 11.4 Å². The average Bonchev–Trinajstić information content (AvgIpc) is 2.93. The van der Waals surface area contributed by atoms with Gasteiger partial charge in [-0.3, -0.25) is 14.5 Å². The van der Waals surface area contributed by atoms with Gasteiger partial charge in [-0.2, -0.15) is 0 Å². The largest absolute Gasteiger partial charge is 0.372 e. The van der Waals surface area contributed by atoms with Gasteiger partial charge >= 0.3 is 0 Å². The summed E-state index contributed by atoms with van der Waals surface area (Å²) in [4.78, 5) is 28.7. The minimum Gasteiger partial charge on any atom is -0.372 e. The van der Waals surface area contributed by atoms with Crippen molar-refractivity contribution < 1.29 is 9.59 Å². The zero-order valence-corrected chi connectivity index (χ0v) is 15.4. The van der Waals surface area contributed by atoms with E-state index in [1.165, 1.54) is 32.0 Å². The van der Waals surface area contributed by atoms with Crippen molar-refractivity contribution >= 4 is 28.8 Å². The molecule has 2 aliphatic heterocycles. The number of nitrogens with zero attached hydrogens (tertiary/aromatic N) is 2. The third-order valence-electron chi connectivity index (χ3n) is 5.21. The molecule has 0 atom stereocenters. The normalized spacial score (nSPS) is 17.7. The summed E-state index contributed by atoms with van der Waals surface area (Å²) in [6, 6.07) is 17.4. The number of hydrogen-bond acceptors (Lipinski definition) is 4. The molecule has 2 aliphatic rings. The first-order chi connectivity index (χ1) is 13.1. The molecule has 2 amide bonds. The fourth-order valence-electron chi connectivity index (χ4n) is 3.68. The van der Waals surface area contributed by atoms with Gasteiger partial charge in [0, 0.05) is 31.5 Å². The van der Waals surface area contributed by atoms with E-state index in [1.807, 2.05) is 42.5 Å². The molecule has 5 nitrogen and oxygen atoms in total. The maximum atomic E-state index is 12.6. The predicted molar refractivity (Wildman–Crippen MR) is 107 cm³/mol. The number of carbonyl (C=O) groups excluding carboxylic acids is 2. The number of hydrogen-bond donors (Lipinski definition) is 1. The van der Waals surface area contributed by atoms with E-state index >= 15 is 0 Å². The van der Waals surface area contributed by atoms with Crippen LogP contribution in [-0.4, -0.2) is 36.9 Å². The summed E-state index contributed by atoms with van der Waals surface area (Å²) in [6.07, 6.45) is 3.77. The summed E-state index contributed by atoms with van der Waals surface area (Å²) >= 11 is 0. The van der Waals surface area contributed by atoms with Crippen LogP contribution in [0.25, 0.3) is 5.57 Å². The number of likely N-dealkylation sites (N-methyl/N-ethyl adjacent to an activating group) is 1. The van der Waals surface area contributed by atoms with Gasteiger partial charge in [0.05, 0.1) is 5.57 Å². The number of amides is 2. The van der Waals surface area contributed by atoms with E-state index in [9.17, 15) is 9.59 Å². The van der Waals surface area contributed by atoms with Gasteiger partial charge in [-0.05, 0) is 49.1 Å². The van der Waals surface area contributed by atoms with Crippen LogP contribution in [0.1, 0.15) is 24.8 Å². The fraction of sp³-hybridized carbons (Fsp3) is 0.273. The van der Waals surface area contributed by atoms with Crippen LogP contribution in [0.2, 0.25) is 0 Å². The quantitative estimate of drug-likeness (QED) is 0.847. The van der Waals surface area contributed by atoms with E-state index in [1.54, 1.807) is 0 Å². The maximum absolute atomic E-state index is 12.6. The van der Waals surface area contributed by atoms with Crippen LogP contribution in [0.15, 0.2) is 60.3 Å². The van der Waals surface area contributed by atoms with Gasteiger partial charge in [-0.25, -0.2) is 0 Å². The van der Waals surface area contributed by atoms with E-state index in [0.717, 1.165) is 29.2 Å². The second-order valence-corrected chi connectivity index (χ2v) is 7.00. The van der Waals surface area contributed by atoms with Crippen molar-refractivity contribution in [3.05, 3.63) is 65.9 Å². The second kappa shape index (κ2) is 7.27. The molecular weight excluding hydrogens is 338 g/mol. The maximum Gasteiger partial charge on any atom is 0.277 e. The number of rotatable bonds is 4. The minimum atomic E-state index is -0.307. The Kier molecular flexibility index (Phi) is 4.67. The SMILES string of the molecule is CN1C(=O)C(Nc2ccc(N3CCCCC3)cc2)=C(c2ccccc2)C1=O. The molecule has 2 aromatic carbocycles. The lowest BCUT2D eigenvalue weighted by Gasteiger charge is -2.28. The zero-order chi connectivity index (χ0) is 18.8. The Balaban J connectivity index is 1.62. The Bertz CT molecular complexity index is 882. The molecule has 138 valence electrons. The molecule has 2 aromatic rings. The van der Waals surface area contributed by atoms with Crippen molar-refractivity contribution in [2.24, 2.45) is 0 Å². The Hall–Kier alpha value is -3.08. The number of piperidine rings is 1. The summed E-state index contributed by atoms with van der Waals surface area (Å²) in [5.74, 6) is -0.586. The van der Waals surface area contributed by atoms with Gasteiger partial charge in [0.2, 0.25) is 0 Å². The number of benzene rings is 2. The first-order valence-electron chi connectivity index (χ1n) is 9.39. The molecule has 1 N–H and O–H groups in total. The Labute approximate surface area is 159 Å². The fourth-order valence-corrected chi connectivity index (χ4v) is 3.68. The average molecular weight is 361 g/mol. The molecule has 0 aromatic heterocycles. The van der Waals surface area contributed by atoms with Gasteiger partial charge < -0.3 is 10.2 Å². The van der Waals surface area contributed by atoms with Gasteiger partial charge in [-0.1, -0.05) is 30.3 Å². The lowest BCUT2D eigenvalue weighted by Crippen LogP contribution is -2.29. The van der Waals surface area contributed by atoms with Crippen LogP contribution in [0.3, 0.4) is 0 Å². The van der Waals surface area contributed by atoms with Crippen molar-refractivity contribution in [2.75, 3.05) is 30.4 Å². The smallest absolute Gasteiger partial charge is 0.277 e. The van der Waals surface area contributed by atoms with Crippen LogP contribution in [0.5, 0.6) is 0 Å². The summed E-state index contributed by atoms with van der Waals surface area (Å²) in [7, 11) is 1.52. The Morgan fingerprint density at radius 1 is 0.815 bits per heavy atom. The first kappa shape index (κ1) is 17.3. The van der Waals surface area contributed by atoms with Crippen LogP contribution < -0.4 is 10.2 Å². The van der Waals surface area contributed by atoms with E-state index in [-0.39, 0.29) is 11.8 Å². The van der Waals surface area contributed by atoms with Gasteiger partial charge in [0.15, 0.2) is 0 Å². The predicted octanol–water partition coefficient (Wildman–Crippen LogP) is 3.50. The topological polar surface area (TPSA) is 52.7 Å². The van der Waals surface area contributed by atoms with Gasteiger partial charge in [0.25, 0.3) is 11.8 Å². The summed E-state index contributed by atoms with van der Waals surface area (Å²) in [5, 5.41) is 3.18. The Morgan fingerprint density at radius 3 is 2.15 bits per heavy atom. The number of anilines is 2. The van der Waals surface area contributed by atoms with Crippen molar-refractivity contribution in [3.8, 4) is 0 Å². The molecule has 0 radical (unpaired) electrons. The highest BCUT2D eigenvalue weighted by Gasteiger charge is 2.36. The van der Waals surface area contributed by atoms with Crippen LogP contribution in [0, 0.1) is 0 Å². The molecule has 0 bridgehead atoms. The summed E-state index contributed by atoms with van der Waals surface area (Å²) < 4.78 is 0. The van der Waals surface area contributed by atoms with Crippen LogP contribution in [-0.2, 0) is 9.59 Å². The molecular formula is C22H23N3O2. The molecule has 2 heterocycles. The molecule has 0 saturated carbocycles. The standard InChI is InChI=1S/C22H23N3O2/c1-24-21(26)19(16-8-4-2-5-9-16)20(22(24)27)23-17-10-12-18(13-11-17)25-14-6-3-7-15-25/h2,4-5,8-13,23H,3,6-7,14-15H2,1H3. The lowest BCUT2D eigenvalue weighted by molar-refractivity contribution is -0.135. The third-order valence-corrected chi connectivity index (χ3v) is 5.21. The van der Waals surface area contributed by atoms with Gasteiger partial charge in [0.1, 0.15) is 5.70 Å². The molecule has 27 heavy (non-hydrogen) atoms. The molecule has 0 unspecified atom stereocenters. The third kappa shape index (κ3) is 3.33. The second-order valence-electron chi connectivity index (χ2n) is 7.00. The van der Waals surface area contributed by atoms with Crippen LogP contribution >= 0.6 is 0 Å². The highest BCUT2D eigenvalue weighted by molar-refractivity contribution is 6.36. The molecule has 1 fully saturated rings. The van der Waals surface area contributed by atoms with E-state index in [0.29, 0.717) is 11.3 Å². The van der Waals surface area contributed by atoms with E-state index in [2.05, 4.69) is 22.3 Å². The summed E-state index contributed by atoms with van der Waals surface area (Å²) in [5.41, 5.74) is 3.49. The van der Waals surface area contributed by atoms with Crippen molar-refractivity contribution in [1.29, 1.82) is 0 Å². The van der Waals surface area contributed by atoms with E-state index in [4.69, 9.17) is 0 Å². The minimum absolute atomic E-state index is 0.279. The first-order valence-corrected chi connectivity index (χ1v) is 9.39. The monoisotopic (exact) mass is 361 g/mol. The molecule has 1 saturated heterocycles.